The van der Waals surface area contributed by atoms with Gasteiger partial charge in [-0.05, 0) is 62.7 Å². The first-order chi connectivity index (χ1) is 15.4. The summed E-state index contributed by atoms with van der Waals surface area (Å²) in [6.45, 7) is 3.39. The third-order valence-corrected chi connectivity index (χ3v) is 5.55. The maximum atomic E-state index is 14.7. The number of oxime groups is 1. The van der Waals surface area contributed by atoms with E-state index in [0.717, 1.165) is 43.6 Å². The molecule has 0 unspecified atom stereocenters. The fourth-order valence-electron chi connectivity index (χ4n) is 3.58. The van der Waals surface area contributed by atoms with Crippen LogP contribution in [0.5, 0.6) is 0 Å². The molecule has 0 spiro atoms. The van der Waals surface area contributed by atoms with Crippen molar-refractivity contribution in [3.05, 3.63) is 92.6 Å². The number of hydrogen-bond donors (Lipinski definition) is 1. The second kappa shape index (κ2) is 9.58. The topological polar surface area (TPSA) is 68.5 Å². The van der Waals surface area contributed by atoms with Crippen LogP contribution in [0, 0.1) is 18.6 Å². The zero-order chi connectivity index (χ0) is 22.7. The summed E-state index contributed by atoms with van der Waals surface area (Å²) in [5, 5.41) is 7.64. The predicted octanol–water partition coefficient (Wildman–Crippen LogP) is 3.99. The number of nitrogens with one attached hydrogen (secondary N) is 1. The molecule has 2 aromatic heterocycles. The lowest BCUT2D eigenvalue weighted by Crippen LogP contribution is -2.31. The molecule has 166 valence electrons. The van der Waals surface area contributed by atoms with E-state index in [2.05, 4.69) is 15.5 Å². The second-order valence-electron chi connectivity index (χ2n) is 7.51. The quantitative estimate of drug-likeness (QED) is 0.356. The van der Waals surface area contributed by atoms with Gasteiger partial charge in [0.15, 0.2) is 5.15 Å². The van der Waals surface area contributed by atoms with Crippen molar-refractivity contribution >= 4 is 17.3 Å². The van der Waals surface area contributed by atoms with Crippen LogP contribution in [0.2, 0.25) is 5.15 Å². The molecule has 6 nitrogen and oxygen atoms in total. The van der Waals surface area contributed by atoms with Gasteiger partial charge in [0.05, 0.1) is 5.69 Å². The number of aryl methyl sites for hydroxylation is 1. The summed E-state index contributed by atoms with van der Waals surface area (Å²) in [5.74, 6) is -1.49. The molecule has 0 atom stereocenters. The van der Waals surface area contributed by atoms with Gasteiger partial charge in [0.2, 0.25) is 0 Å². The first-order valence-corrected chi connectivity index (χ1v) is 10.6. The molecule has 3 heterocycles. The molecule has 1 aliphatic heterocycles. The molecule has 1 saturated heterocycles. The molecule has 4 rings (SSSR count). The number of hydrogen-bond acceptors (Lipinski definition) is 5. The highest BCUT2D eigenvalue weighted by Crippen LogP contribution is 2.22. The van der Waals surface area contributed by atoms with Crippen molar-refractivity contribution in [3.8, 4) is 5.69 Å². The Bertz CT molecular complexity index is 1200. The zero-order valence-corrected chi connectivity index (χ0v) is 18.1. The van der Waals surface area contributed by atoms with Gasteiger partial charge in [0.1, 0.15) is 23.5 Å². The van der Waals surface area contributed by atoms with E-state index >= 15 is 0 Å². The van der Waals surface area contributed by atoms with Crippen LogP contribution in [0.4, 0.5) is 8.78 Å². The Morgan fingerprint density at radius 2 is 2.00 bits per heavy atom. The second-order valence-corrected chi connectivity index (χ2v) is 7.87. The number of nitrogens with zero attached hydrogens (tertiary/aromatic N) is 3. The van der Waals surface area contributed by atoms with Crippen molar-refractivity contribution in [3.63, 3.8) is 0 Å². The van der Waals surface area contributed by atoms with E-state index in [4.69, 9.17) is 16.4 Å². The zero-order valence-electron chi connectivity index (χ0n) is 17.3. The largest absolute Gasteiger partial charge is 0.392 e. The van der Waals surface area contributed by atoms with Crippen LogP contribution < -0.4 is 10.9 Å². The number of piperidine rings is 1. The number of halogens is 3. The number of aromatic nitrogens is 2. The normalized spacial score (nSPS) is 15.1. The Morgan fingerprint density at radius 3 is 2.72 bits per heavy atom. The summed E-state index contributed by atoms with van der Waals surface area (Å²) >= 11 is 6.26. The Hall–Kier alpha value is -3.10. The third-order valence-electron chi connectivity index (χ3n) is 5.27. The van der Waals surface area contributed by atoms with E-state index in [1.165, 1.54) is 29.0 Å². The maximum absolute atomic E-state index is 14.7. The lowest BCUT2D eigenvalue weighted by atomic mass is 10.0. The molecular formula is C23H21ClF2N4O2. The Labute approximate surface area is 188 Å². The molecule has 1 aliphatic rings. The van der Waals surface area contributed by atoms with Crippen LogP contribution in [0.25, 0.3) is 5.69 Å². The summed E-state index contributed by atoms with van der Waals surface area (Å²) in [5.41, 5.74) is 1.42. The molecule has 1 aromatic carbocycles. The highest BCUT2D eigenvalue weighted by Gasteiger charge is 2.19. The van der Waals surface area contributed by atoms with Gasteiger partial charge in [-0.1, -0.05) is 16.8 Å². The molecule has 0 aliphatic carbocycles. The van der Waals surface area contributed by atoms with Gasteiger partial charge in [-0.3, -0.25) is 9.36 Å². The van der Waals surface area contributed by atoms with Gasteiger partial charge in [0.25, 0.3) is 5.56 Å². The lowest BCUT2D eigenvalue weighted by Gasteiger charge is -2.21. The summed E-state index contributed by atoms with van der Waals surface area (Å²) < 4.78 is 29.6. The van der Waals surface area contributed by atoms with E-state index in [9.17, 15) is 13.6 Å². The van der Waals surface area contributed by atoms with Crippen molar-refractivity contribution in [2.45, 2.75) is 25.9 Å². The van der Waals surface area contributed by atoms with Crippen LogP contribution in [-0.2, 0) is 4.84 Å². The molecule has 0 amide bonds. The third kappa shape index (κ3) is 4.71. The Morgan fingerprint density at radius 1 is 1.22 bits per heavy atom. The first kappa shape index (κ1) is 22.1. The fourth-order valence-corrected chi connectivity index (χ4v) is 3.87. The van der Waals surface area contributed by atoms with Gasteiger partial charge in [0, 0.05) is 35.7 Å². The monoisotopic (exact) mass is 458 g/mol. The van der Waals surface area contributed by atoms with Crippen LogP contribution >= 0.6 is 11.6 Å². The molecule has 0 radical (unpaired) electrons. The van der Waals surface area contributed by atoms with Crippen LogP contribution in [-0.4, -0.2) is 34.5 Å². The Balaban J connectivity index is 1.83. The van der Waals surface area contributed by atoms with Gasteiger partial charge >= 0.3 is 0 Å². The molecule has 1 fully saturated rings. The molecular weight excluding hydrogens is 438 g/mol. The molecule has 0 bridgehead atoms. The number of benzene rings is 1. The minimum atomic E-state index is -0.786. The van der Waals surface area contributed by atoms with Crippen molar-refractivity contribution in [2.75, 3.05) is 13.1 Å². The SMILES string of the molecule is Cc1ccnc(Cl)c1-n1cc(C(=NOC2CCNCC2)c2ccc(F)cc2F)ccc1=O. The summed E-state index contributed by atoms with van der Waals surface area (Å²) in [4.78, 5) is 22.4. The highest BCUT2D eigenvalue weighted by molar-refractivity contribution is 6.31. The van der Waals surface area contributed by atoms with Gasteiger partial charge < -0.3 is 10.2 Å². The van der Waals surface area contributed by atoms with Crippen LogP contribution in [0.15, 0.2) is 58.7 Å². The standard InChI is InChI=1S/C23H21ClF2N4O2/c1-14-6-11-28-23(24)22(14)30-13-15(2-5-20(30)31)21(18-4-3-16(25)12-19(18)26)29-32-17-7-9-27-10-8-17/h2-6,11-13,17,27H,7-10H2,1H3. The summed E-state index contributed by atoms with van der Waals surface area (Å²) in [6, 6.07) is 7.82. The molecule has 32 heavy (non-hydrogen) atoms. The molecule has 0 saturated carbocycles. The minimum absolute atomic E-state index is 0.0551. The first-order valence-electron chi connectivity index (χ1n) is 10.2. The predicted molar refractivity (Wildman–Crippen MR) is 119 cm³/mol. The maximum Gasteiger partial charge on any atom is 0.255 e. The molecule has 1 N–H and O–H groups in total. The van der Waals surface area contributed by atoms with E-state index in [0.29, 0.717) is 11.3 Å². The van der Waals surface area contributed by atoms with Crippen LogP contribution in [0.1, 0.15) is 29.5 Å². The van der Waals surface area contributed by atoms with Gasteiger partial charge in [-0.15, -0.1) is 0 Å². The van der Waals surface area contributed by atoms with Gasteiger partial charge in [-0.25, -0.2) is 13.8 Å². The van der Waals surface area contributed by atoms with Crippen molar-refractivity contribution < 1.29 is 13.6 Å². The highest BCUT2D eigenvalue weighted by atomic mass is 35.5. The van der Waals surface area contributed by atoms with Gasteiger partial charge in [-0.2, -0.15) is 0 Å². The van der Waals surface area contributed by atoms with E-state index in [1.807, 2.05) is 0 Å². The van der Waals surface area contributed by atoms with Crippen LogP contribution in [0.3, 0.4) is 0 Å². The lowest BCUT2D eigenvalue weighted by molar-refractivity contribution is 0.0378. The van der Waals surface area contributed by atoms with E-state index in [1.54, 1.807) is 19.2 Å². The minimum Gasteiger partial charge on any atom is -0.392 e. The average Bonchev–Trinajstić information content (AvgIpc) is 2.77. The molecule has 3 aromatic rings. The Kier molecular flexibility index (Phi) is 6.62. The number of rotatable bonds is 5. The van der Waals surface area contributed by atoms with E-state index in [-0.39, 0.29) is 28.1 Å². The fraction of sp³-hybridized carbons (Fsp3) is 0.261. The molecule has 9 heteroatoms. The number of pyridine rings is 2. The van der Waals surface area contributed by atoms with Crippen molar-refractivity contribution in [1.29, 1.82) is 0 Å². The smallest absolute Gasteiger partial charge is 0.255 e. The van der Waals surface area contributed by atoms with Crippen molar-refractivity contribution in [1.82, 2.24) is 14.9 Å². The van der Waals surface area contributed by atoms with Crippen molar-refractivity contribution in [2.24, 2.45) is 5.16 Å². The summed E-state index contributed by atoms with van der Waals surface area (Å²) in [6.07, 6.45) is 4.44. The average molecular weight is 459 g/mol. The van der Waals surface area contributed by atoms with E-state index < -0.39 is 11.6 Å². The summed E-state index contributed by atoms with van der Waals surface area (Å²) in [7, 11) is 0.